The Kier molecular flexibility index (Phi) is 5.97. The number of nitrogens with one attached hydrogen (secondary N) is 1. The predicted octanol–water partition coefficient (Wildman–Crippen LogP) is 4.66. The van der Waals surface area contributed by atoms with Gasteiger partial charge in [0.05, 0.1) is 0 Å². The van der Waals surface area contributed by atoms with Crippen molar-refractivity contribution in [3.63, 3.8) is 0 Å². The van der Waals surface area contributed by atoms with Crippen LogP contribution in [0, 0.1) is 5.92 Å². The molecule has 4 nitrogen and oxygen atoms in total. The fourth-order valence-electron chi connectivity index (χ4n) is 3.48. The molecule has 0 aliphatic heterocycles. The van der Waals surface area contributed by atoms with Crippen LogP contribution in [0.25, 0.3) is 11.0 Å². The third-order valence-electron chi connectivity index (χ3n) is 4.89. The third-order valence-corrected chi connectivity index (χ3v) is 4.89. The van der Waals surface area contributed by atoms with Gasteiger partial charge in [0.1, 0.15) is 5.58 Å². The minimum atomic E-state index is -0.148. The minimum absolute atomic E-state index is 0.148. The monoisotopic (exact) mass is 364 g/mol. The van der Waals surface area contributed by atoms with E-state index >= 15 is 0 Å². The van der Waals surface area contributed by atoms with Crippen molar-refractivity contribution in [1.82, 2.24) is 10.2 Å². The van der Waals surface area contributed by atoms with Gasteiger partial charge in [0.2, 0.25) is 0 Å². The summed E-state index contributed by atoms with van der Waals surface area (Å²) in [6, 6.07) is 18.2. The van der Waals surface area contributed by atoms with Crippen molar-refractivity contribution in [2.24, 2.45) is 5.92 Å². The molecule has 27 heavy (non-hydrogen) atoms. The standard InChI is InChI=1S/C23H28N2O2/c1-16(2)19(17-10-6-5-7-11-17)14-24-23(26)22-20(15-25(3)4)18-12-8-9-13-21(18)27-22/h5-13,16,19H,14-15H2,1-4H3,(H,24,26). The third kappa shape index (κ3) is 4.40. The van der Waals surface area contributed by atoms with Crippen LogP contribution in [0.1, 0.15) is 41.4 Å². The molecule has 1 unspecified atom stereocenters. The van der Waals surface area contributed by atoms with Gasteiger partial charge in [-0.05, 0) is 31.6 Å². The topological polar surface area (TPSA) is 45.5 Å². The molecule has 0 aliphatic carbocycles. The Morgan fingerprint density at radius 3 is 2.37 bits per heavy atom. The summed E-state index contributed by atoms with van der Waals surface area (Å²) < 4.78 is 5.92. The molecule has 1 heterocycles. The Morgan fingerprint density at radius 1 is 1.04 bits per heavy atom. The lowest BCUT2D eigenvalue weighted by atomic mass is 9.88. The molecule has 0 bridgehead atoms. The maximum Gasteiger partial charge on any atom is 0.287 e. The highest BCUT2D eigenvalue weighted by molar-refractivity contribution is 5.99. The zero-order chi connectivity index (χ0) is 19.4. The first-order valence-corrected chi connectivity index (χ1v) is 9.45. The van der Waals surface area contributed by atoms with E-state index in [0.717, 1.165) is 16.5 Å². The van der Waals surface area contributed by atoms with Crippen LogP contribution in [0.15, 0.2) is 59.0 Å². The fourth-order valence-corrected chi connectivity index (χ4v) is 3.48. The van der Waals surface area contributed by atoms with Crippen LogP contribution in [0.4, 0.5) is 0 Å². The van der Waals surface area contributed by atoms with Crippen molar-refractivity contribution in [2.75, 3.05) is 20.6 Å². The van der Waals surface area contributed by atoms with E-state index in [2.05, 4.69) is 36.2 Å². The molecule has 3 aromatic rings. The van der Waals surface area contributed by atoms with E-state index in [1.165, 1.54) is 5.56 Å². The van der Waals surface area contributed by atoms with Gasteiger partial charge < -0.3 is 14.6 Å². The summed E-state index contributed by atoms with van der Waals surface area (Å²) in [4.78, 5) is 15.0. The normalized spacial score (nSPS) is 12.7. The molecule has 3 rings (SSSR count). The molecular weight excluding hydrogens is 336 g/mol. The van der Waals surface area contributed by atoms with Crippen LogP contribution in [-0.4, -0.2) is 31.4 Å². The van der Waals surface area contributed by atoms with Crippen molar-refractivity contribution < 1.29 is 9.21 Å². The molecule has 1 amide bonds. The highest BCUT2D eigenvalue weighted by atomic mass is 16.3. The molecule has 0 spiro atoms. The minimum Gasteiger partial charge on any atom is -0.451 e. The lowest BCUT2D eigenvalue weighted by Gasteiger charge is -2.21. The number of hydrogen-bond donors (Lipinski definition) is 1. The lowest BCUT2D eigenvalue weighted by Crippen LogP contribution is -2.31. The number of carbonyl (C=O) groups is 1. The molecule has 1 N–H and O–H groups in total. The van der Waals surface area contributed by atoms with Crippen LogP contribution in [0.3, 0.4) is 0 Å². The van der Waals surface area contributed by atoms with Crippen LogP contribution >= 0.6 is 0 Å². The first-order valence-electron chi connectivity index (χ1n) is 9.45. The second kappa shape index (κ2) is 8.40. The first kappa shape index (κ1) is 19.2. The average Bonchev–Trinajstić information content (AvgIpc) is 3.00. The van der Waals surface area contributed by atoms with Gasteiger partial charge in [0, 0.05) is 30.0 Å². The van der Waals surface area contributed by atoms with Crippen LogP contribution in [0.2, 0.25) is 0 Å². The number of fused-ring (bicyclic) bond motifs is 1. The molecular formula is C23H28N2O2. The summed E-state index contributed by atoms with van der Waals surface area (Å²) in [5.74, 6) is 0.951. The smallest absolute Gasteiger partial charge is 0.287 e. The van der Waals surface area contributed by atoms with E-state index in [4.69, 9.17) is 4.42 Å². The van der Waals surface area contributed by atoms with Gasteiger partial charge in [-0.25, -0.2) is 0 Å². The maximum atomic E-state index is 13.0. The summed E-state index contributed by atoms with van der Waals surface area (Å²) >= 11 is 0. The van der Waals surface area contributed by atoms with E-state index in [1.54, 1.807) is 0 Å². The molecule has 142 valence electrons. The number of hydrogen-bond acceptors (Lipinski definition) is 3. The molecule has 4 heteroatoms. The summed E-state index contributed by atoms with van der Waals surface area (Å²) in [5, 5.41) is 4.10. The highest BCUT2D eigenvalue weighted by Gasteiger charge is 2.23. The van der Waals surface area contributed by atoms with Gasteiger partial charge in [0.25, 0.3) is 5.91 Å². The van der Waals surface area contributed by atoms with Crippen molar-refractivity contribution in [3.8, 4) is 0 Å². The van der Waals surface area contributed by atoms with Crippen LogP contribution in [0.5, 0.6) is 0 Å². The van der Waals surface area contributed by atoms with Crippen molar-refractivity contribution in [3.05, 3.63) is 71.5 Å². The molecule has 0 saturated carbocycles. The lowest BCUT2D eigenvalue weighted by molar-refractivity contribution is 0.0921. The number of furan rings is 1. The van der Waals surface area contributed by atoms with Gasteiger partial charge in [-0.3, -0.25) is 4.79 Å². The SMILES string of the molecule is CC(C)C(CNC(=O)c1oc2ccccc2c1CN(C)C)c1ccccc1. The Bertz CT molecular complexity index is 897. The number of nitrogens with zero attached hydrogens (tertiary/aromatic N) is 1. The van der Waals surface area contributed by atoms with Gasteiger partial charge in [-0.2, -0.15) is 0 Å². The summed E-state index contributed by atoms with van der Waals surface area (Å²) in [5.41, 5.74) is 2.93. The van der Waals surface area contributed by atoms with Gasteiger partial charge >= 0.3 is 0 Å². The second-order valence-electron chi connectivity index (χ2n) is 7.61. The van der Waals surface area contributed by atoms with Crippen molar-refractivity contribution in [1.29, 1.82) is 0 Å². The number of amides is 1. The number of rotatable bonds is 7. The van der Waals surface area contributed by atoms with Crippen molar-refractivity contribution >= 4 is 16.9 Å². The maximum absolute atomic E-state index is 13.0. The second-order valence-corrected chi connectivity index (χ2v) is 7.61. The summed E-state index contributed by atoms with van der Waals surface area (Å²) in [6.07, 6.45) is 0. The van der Waals surface area contributed by atoms with E-state index in [-0.39, 0.29) is 11.8 Å². The first-order chi connectivity index (χ1) is 13.0. The number of carbonyl (C=O) groups excluding carboxylic acids is 1. The number of benzene rings is 2. The van der Waals surface area contributed by atoms with Gasteiger partial charge in [0.15, 0.2) is 5.76 Å². The molecule has 2 aromatic carbocycles. The van der Waals surface area contributed by atoms with E-state index in [0.29, 0.717) is 24.8 Å². The molecule has 0 aliphatic rings. The molecule has 1 aromatic heterocycles. The Hall–Kier alpha value is -2.59. The zero-order valence-electron chi connectivity index (χ0n) is 16.5. The van der Waals surface area contributed by atoms with Crippen LogP contribution in [-0.2, 0) is 6.54 Å². The predicted molar refractivity (Wildman–Crippen MR) is 110 cm³/mol. The molecule has 0 fully saturated rings. The Balaban J connectivity index is 1.83. The van der Waals surface area contributed by atoms with Crippen LogP contribution < -0.4 is 5.32 Å². The zero-order valence-corrected chi connectivity index (χ0v) is 16.5. The molecule has 1 atom stereocenters. The molecule has 0 radical (unpaired) electrons. The quantitative estimate of drug-likeness (QED) is 0.663. The Labute approximate surface area is 161 Å². The number of para-hydroxylation sites is 1. The summed E-state index contributed by atoms with van der Waals surface area (Å²) in [7, 11) is 3.99. The summed E-state index contributed by atoms with van der Waals surface area (Å²) in [6.45, 7) is 5.61. The van der Waals surface area contributed by atoms with E-state index in [1.807, 2.05) is 56.6 Å². The van der Waals surface area contributed by atoms with E-state index < -0.39 is 0 Å². The highest BCUT2D eigenvalue weighted by Crippen LogP contribution is 2.28. The fraction of sp³-hybridized carbons (Fsp3) is 0.348. The average molecular weight is 364 g/mol. The van der Waals surface area contributed by atoms with E-state index in [9.17, 15) is 4.79 Å². The molecule has 0 saturated heterocycles. The van der Waals surface area contributed by atoms with Crippen molar-refractivity contribution in [2.45, 2.75) is 26.3 Å². The largest absolute Gasteiger partial charge is 0.451 e. The van der Waals surface area contributed by atoms with Gasteiger partial charge in [-0.1, -0.05) is 62.4 Å². The van der Waals surface area contributed by atoms with Gasteiger partial charge in [-0.15, -0.1) is 0 Å². The Morgan fingerprint density at radius 2 is 1.70 bits per heavy atom.